The van der Waals surface area contributed by atoms with E-state index in [2.05, 4.69) is 15.0 Å². The van der Waals surface area contributed by atoms with Crippen LogP contribution >= 0.6 is 19.6 Å². The maximum atomic E-state index is 10.7. The number of thioether (sulfide) groups is 1. The molecule has 0 spiro atoms. The standard InChI is InChI=1S/C12H19BN5O5PS/c13-24(20)21-3-6-9(23-24)8(19)12(22-6)18-5-17-7-10(18)15-4-16-11(7)25-2-1-14/h4-6,8-9,12,19-20,24H,1-3,13-14H2/t6-,8?,9-,12-/m1/s1. The van der Waals surface area contributed by atoms with E-state index in [-0.39, 0.29) is 6.61 Å². The molecular formula is C12H19BN5O5PS. The number of hydrogen-bond donors (Lipinski definition) is 3. The minimum atomic E-state index is -3.22. The summed E-state index contributed by atoms with van der Waals surface area (Å²) in [6, 6.07) is 0. The molecule has 2 aliphatic rings. The summed E-state index contributed by atoms with van der Waals surface area (Å²) < 4.78 is 18.4. The molecule has 2 saturated heterocycles. The molecule has 2 aromatic heterocycles. The van der Waals surface area contributed by atoms with Crippen molar-refractivity contribution in [3.8, 4) is 0 Å². The van der Waals surface area contributed by atoms with Crippen LogP contribution in [0, 0.1) is 0 Å². The van der Waals surface area contributed by atoms with Crippen LogP contribution in [-0.2, 0) is 13.8 Å². The van der Waals surface area contributed by atoms with Gasteiger partial charge in [0.25, 0.3) is 0 Å². The second-order valence-electron chi connectivity index (χ2n) is 5.99. The fourth-order valence-corrected chi connectivity index (χ4v) is 5.08. The summed E-state index contributed by atoms with van der Waals surface area (Å²) in [7, 11) is -1.70. The summed E-state index contributed by atoms with van der Waals surface area (Å²) >= 11 is 1.50. The van der Waals surface area contributed by atoms with Gasteiger partial charge in [0.2, 0.25) is 0 Å². The molecule has 0 aliphatic carbocycles. The van der Waals surface area contributed by atoms with Gasteiger partial charge in [0.15, 0.2) is 0 Å². The number of ether oxygens (including phenoxy) is 1. The molecule has 136 valence electrons. The Morgan fingerprint density at radius 2 is 2.28 bits per heavy atom. The molecule has 0 aromatic carbocycles. The third kappa shape index (κ3) is 3.17. The predicted octanol–water partition coefficient (Wildman–Crippen LogP) is -1.41. The number of aliphatic hydroxyl groups is 1. The van der Waals surface area contributed by atoms with Crippen LogP contribution < -0.4 is 5.73 Å². The Bertz CT molecular complexity index is 781. The molecule has 0 radical (unpaired) electrons. The number of aromatic nitrogens is 4. The fourth-order valence-electron chi connectivity index (χ4n) is 3.03. The molecule has 0 bridgehead atoms. The van der Waals surface area contributed by atoms with Crippen molar-refractivity contribution >= 4 is 38.3 Å². The van der Waals surface area contributed by atoms with Crippen molar-refractivity contribution in [3.63, 3.8) is 0 Å². The first-order valence-corrected chi connectivity index (χ1v) is 11.1. The second-order valence-corrected chi connectivity index (χ2v) is 9.39. The van der Waals surface area contributed by atoms with Crippen molar-refractivity contribution in [3.05, 3.63) is 12.7 Å². The zero-order chi connectivity index (χ0) is 17.6. The summed E-state index contributed by atoms with van der Waals surface area (Å²) in [5, 5.41) is 11.4. The van der Waals surface area contributed by atoms with Crippen LogP contribution in [0.15, 0.2) is 17.7 Å². The van der Waals surface area contributed by atoms with Gasteiger partial charge in [-0.05, 0) is 0 Å². The van der Waals surface area contributed by atoms with Gasteiger partial charge in [0.05, 0.1) is 0 Å². The van der Waals surface area contributed by atoms with Crippen molar-refractivity contribution in [2.45, 2.75) is 29.6 Å². The number of fused-ring (bicyclic) bond motifs is 2. The van der Waals surface area contributed by atoms with E-state index in [0.29, 0.717) is 17.7 Å². The number of hydrogen-bond acceptors (Lipinski definition) is 10. The molecule has 2 aliphatic heterocycles. The van der Waals surface area contributed by atoms with Crippen LogP contribution in [0.3, 0.4) is 0 Å². The summed E-state index contributed by atoms with van der Waals surface area (Å²) in [4.78, 5) is 22.9. The van der Waals surface area contributed by atoms with Gasteiger partial charge in [-0.3, -0.25) is 0 Å². The topological polar surface area (TPSA) is 138 Å². The van der Waals surface area contributed by atoms with Crippen LogP contribution in [0.5, 0.6) is 0 Å². The Morgan fingerprint density at radius 1 is 1.44 bits per heavy atom. The molecule has 1 unspecified atom stereocenters. The average Bonchev–Trinajstić information content (AvgIpc) is 3.14. The molecule has 25 heavy (non-hydrogen) atoms. The SMILES string of the molecule is B[PH]1(O)OC[C@H]2O[C@@H](n3cnc4c(SCCN)ncnc43)C(O)[C@@H]2O1. The van der Waals surface area contributed by atoms with E-state index >= 15 is 0 Å². The molecule has 0 amide bonds. The van der Waals surface area contributed by atoms with Gasteiger partial charge in [0.1, 0.15) is 0 Å². The molecule has 4 heterocycles. The first kappa shape index (κ1) is 17.6. The van der Waals surface area contributed by atoms with E-state index < -0.39 is 32.4 Å². The van der Waals surface area contributed by atoms with Gasteiger partial charge < -0.3 is 0 Å². The fraction of sp³-hybridized carbons (Fsp3) is 0.583. The quantitative estimate of drug-likeness (QED) is 0.248. The predicted molar refractivity (Wildman–Crippen MR) is 94.9 cm³/mol. The molecule has 2 aromatic rings. The Balaban J connectivity index is 1.64. The molecule has 4 atom stereocenters. The third-order valence-electron chi connectivity index (χ3n) is 4.14. The normalized spacial score (nSPS) is 32.6. The maximum absolute atomic E-state index is 10.7. The van der Waals surface area contributed by atoms with E-state index in [1.165, 1.54) is 25.7 Å². The van der Waals surface area contributed by atoms with Gasteiger partial charge in [0, 0.05) is 0 Å². The van der Waals surface area contributed by atoms with Crippen LogP contribution in [0.2, 0.25) is 0 Å². The van der Waals surface area contributed by atoms with Gasteiger partial charge in [-0.2, -0.15) is 0 Å². The van der Waals surface area contributed by atoms with Crippen LogP contribution in [0.25, 0.3) is 11.2 Å². The Labute approximate surface area is 149 Å². The second kappa shape index (κ2) is 6.71. The zero-order valence-corrected chi connectivity index (χ0v) is 15.3. The van der Waals surface area contributed by atoms with Gasteiger partial charge in [-0.15, -0.1) is 0 Å². The molecular weight excluding hydrogens is 368 g/mol. The number of imidazole rings is 1. The number of nitrogens with zero attached hydrogens (tertiary/aromatic N) is 4. The molecule has 10 nitrogen and oxygen atoms in total. The molecule has 0 saturated carbocycles. The van der Waals surface area contributed by atoms with Crippen molar-refractivity contribution in [1.29, 1.82) is 0 Å². The molecule has 13 heteroatoms. The molecule has 4 N–H and O–H groups in total. The number of rotatable bonds is 4. The first-order chi connectivity index (χ1) is 12.0. The minimum absolute atomic E-state index is 0.177. The van der Waals surface area contributed by atoms with Crippen molar-refractivity contribution < 1.29 is 23.8 Å². The van der Waals surface area contributed by atoms with Crippen LogP contribution in [-0.4, -0.2) is 74.3 Å². The van der Waals surface area contributed by atoms with Gasteiger partial charge >= 0.3 is 148 Å². The van der Waals surface area contributed by atoms with Crippen molar-refractivity contribution in [1.82, 2.24) is 19.5 Å². The monoisotopic (exact) mass is 387 g/mol. The van der Waals surface area contributed by atoms with Gasteiger partial charge in [-0.1, -0.05) is 0 Å². The van der Waals surface area contributed by atoms with Crippen molar-refractivity contribution in [2.24, 2.45) is 5.73 Å². The number of aliphatic hydroxyl groups excluding tert-OH is 1. The van der Waals surface area contributed by atoms with E-state index in [9.17, 15) is 10.00 Å². The summed E-state index contributed by atoms with van der Waals surface area (Å²) in [6.45, 7) is 0.711. The van der Waals surface area contributed by atoms with Crippen molar-refractivity contribution in [2.75, 3.05) is 18.9 Å². The Hall–Kier alpha value is -0.845. The van der Waals surface area contributed by atoms with E-state index in [4.69, 9.17) is 19.5 Å². The summed E-state index contributed by atoms with van der Waals surface area (Å²) in [6.07, 6.45) is 0.205. The summed E-state index contributed by atoms with van der Waals surface area (Å²) in [5.74, 6) is 0.719. The van der Waals surface area contributed by atoms with E-state index in [1.54, 1.807) is 10.9 Å². The average molecular weight is 387 g/mol. The third-order valence-corrected chi connectivity index (χ3v) is 6.56. The number of nitrogens with two attached hydrogens (primary N) is 1. The van der Waals surface area contributed by atoms with E-state index in [1.807, 2.05) is 0 Å². The Morgan fingerprint density at radius 3 is 3.08 bits per heavy atom. The zero-order valence-electron chi connectivity index (χ0n) is 13.5. The van der Waals surface area contributed by atoms with Crippen LogP contribution in [0.1, 0.15) is 6.23 Å². The Kier molecular flexibility index (Phi) is 4.71. The van der Waals surface area contributed by atoms with E-state index in [0.717, 1.165) is 10.8 Å². The van der Waals surface area contributed by atoms with Crippen LogP contribution in [0.4, 0.5) is 0 Å². The first-order valence-electron chi connectivity index (χ1n) is 7.88. The molecule has 2 fully saturated rings. The van der Waals surface area contributed by atoms with Gasteiger partial charge in [-0.25, -0.2) is 0 Å². The molecule has 4 rings (SSSR count). The summed E-state index contributed by atoms with van der Waals surface area (Å²) in [5.41, 5.74) is 6.73.